The first-order chi connectivity index (χ1) is 10.8. The molecule has 1 aliphatic rings. The molecule has 1 unspecified atom stereocenters. The minimum atomic E-state index is -4.53. The highest BCUT2D eigenvalue weighted by Crippen LogP contribution is 2.35. The monoisotopic (exact) mass is 327 g/mol. The molecule has 0 aromatic heterocycles. The Kier molecular flexibility index (Phi) is 5.08. The summed E-state index contributed by atoms with van der Waals surface area (Å²) in [7, 11) is 0. The van der Waals surface area contributed by atoms with Crippen LogP contribution in [-0.2, 0) is 9.53 Å². The highest BCUT2D eigenvalue weighted by Gasteiger charge is 2.44. The summed E-state index contributed by atoms with van der Waals surface area (Å²) in [5.74, 6) is -2.76. The third-order valence-electron chi connectivity index (χ3n) is 3.66. The third-order valence-corrected chi connectivity index (χ3v) is 3.66. The Morgan fingerprint density at radius 2 is 2.04 bits per heavy atom. The molecule has 1 aliphatic heterocycles. The van der Waals surface area contributed by atoms with Gasteiger partial charge in [0.2, 0.25) is 5.91 Å². The molecule has 0 bridgehead atoms. The van der Waals surface area contributed by atoms with Crippen LogP contribution in [0.1, 0.15) is 24.4 Å². The van der Waals surface area contributed by atoms with Gasteiger partial charge in [-0.15, -0.1) is 6.58 Å². The van der Waals surface area contributed by atoms with Crippen LogP contribution in [0.5, 0.6) is 0 Å². The molecule has 4 nitrogen and oxygen atoms in total. The Morgan fingerprint density at radius 1 is 1.39 bits per heavy atom. The number of carbonyl (C=O) groups is 2. The zero-order valence-corrected chi connectivity index (χ0v) is 12.3. The van der Waals surface area contributed by atoms with Gasteiger partial charge in [0.15, 0.2) is 0 Å². The van der Waals surface area contributed by atoms with E-state index in [4.69, 9.17) is 4.74 Å². The number of amides is 2. The zero-order chi connectivity index (χ0) is 17.0. The van der Waals surface area contributed by atoms with Gasteiger partial charge in [0.05, 0.1) is 5.92 Å². The lowest BCUT2D eigenvalue weighted by Crippen LogP contribution is -2.37. The van der Waals surface area contributed by atoms with Gasteiger partial charge in [-0.3, -0.25) is 4.79 Å². The Balaban J connectivity index is 2.18. The van der Waals surface area contributed by atoms with Gasteiger partial charge in [-0.05, 0) is 12.0 Å². The summed E-state index contributed by atoms with van der Waals surface area (Å²) in [4.78, 5) is 24.8. The lowest BCUT2D eigenvalue weighted by Gasteiger charge is -2.23. The number of ether oxygens (including phenoxy) is 1. The van der Waals surface area contributed by atoms with Gasteiger partial charge in [-0.1, -0.05) is 36.4 Å². The van der Waals surface area contributed by atoms with Crippen LogP contribution in [0.25, 0.3) is 0 Å². The van der Waals surface area contributed by atoms with Crippen LogP contribution in [0.2, 0.25) is 0 Å². The summed E-state index contributed by atoms with van der Waals surface area (Å²) >= 11 is 0. The van der Waals surface area contributed by atoms with Crippen molar-refractivity contribution in [2.75, 3.05) is 6.61 Å². The first-order valence-electron chi connectivity index (χ1n) is 7.06. The fourth-order valence-corrected chi connectivity index (χ4v) is 2.46. The maximum Gasteiger partial charge on any atom is 0.417 e. The van der Waals surface area contributed by atoms with Crippen molar-refractivity contribution in [1.82, 2.24) is 4.90 Å². The van der Waals surface area contributed by atoms with Gasteiger partial charge in [0.25, 0.3) is 0 Å². The van der Waals surface area contributed by atoms with E-state index in [-0.39, 0.29) is 13.0 Å². The van der Waals surface area contributed by atoms with E-state index in [1.54, 1.807) is 30.3 Å². The van der Waals surface area contributed by atoms with Crippen molar-refractivity contribution in [3.05, 3.63) is 48.6 Å². The second-order valence-electron chi connectivity index (χ2n) is 5.23. The van der Waals surface area contributed by atoms with Crippen molar-refractivity contribution in [2.45, 2.75) is 25.1 Å². The summed E-state index contributed by atoms with van der Waals surface area (Å²) in [6.45, 7) is 3.22. The number of carbonyl (C=O) groups excluding carboxylic acids is 2. The number of imide groups is 1. The minimum Gasteiger partial charge on any atom is -0.446 e. The first kappa shape index (κ1) is 17.1. The van der Waals surface area contributed by atoms with Crippen molar-refractivity contribution >= 4 is 12.0 Å². The van der Waals surface area contributed by atoms with Gasteiger partial charge >= 0.3 is 12.3 Å². The van der Waals surface area contributed by atoms with Crippen molar-refractivity contribution in [3.8, 4) is 0 Å². The molecule has 2 amide bonds. The van der Waals surface area contributed by atoms with E-state index in [1.165, 1.54) is 0 Å². The molecule has 1 aromatic rings. The molecule has 2 atom stereocenters. The molecule has 1 saturated heterocycles. The zero-order valence-electron chi connectivity index (χ0n) is 12.3. The van der Waals surface area contributed by atoms with Crippen molar-refractivity contribution < 1.29 is 27.5 Å². The molecule has 2 rings (SSSR count). The summed E-state index contributed by atoms with van der Waals surface area (Å²) in [5.41, 5.74) is 0.638. The number of nitrogens with zero attached hydrogens (tertiary/aromatic N) is 1. The number of halogens is 3. The largest absolute Gasteiger partial charge is 0.446 e. The molecule has 1 aromatic carbocycles. The molecule has 1 fully saturated rings. The van der Waals surface area contributed by atoms with Crippen LogP contribution in [0.4, 0.5) is 18.0 Å². The highest BCUT2D eigenvalue weighted by molar-refractivity contribution is 5.93. The summed E-state index contributed by atoms with van der Waals surface area (Å²) in [6, 6.07) is 7.88. The normalized spacial score (nSPS) is 19.3. The van der Waals surface area contributed by atoms with Crippen molar-refractivity contribution in [1.29, 1.82) is 0 Å². The molecular formula is C16H16F3NO3. The predicted molar refractivity (Wildman–Crippen MR) is 76.4 cm³/mol. The number of hydrogen-bond donors (Lipinski definition) is 0. The molecule has 0 spiro atoms. The summed E-state index contributed by atoms with van der Waals surface area (Å²) in [5, 5.41) is 0. The lowest BCUT2D eigenvalue weighted by atomic mass is 9.99. The summed E-state index contributed by atoms with van der Waals surface area (Å²) < 4.78 is 43.7. The van der Waals surface area contributed by atoms with Crippen LogP contribution in [-0.4, -0.2) is 29.7 Å². The van der Waals surface area contributed by atoms with Crippen LogP contribution in [0.3, 0.4) is 0 Å². The number of alkyl halides is 3. The fraction of sp³-hybridized carbons (Fsp3) is 0.375. The van der Waals surface area contributed by atoms with E-state index < -0.39 is 36.6 Å². The average Bonchev–Trinajstić information content (AvgIpc) is 2.88. The Hall–Kier alpha value is -2.31. The van der Waals surface area contributed by atoms with Crippen molar-refractivity contribution in [3.63, 3.8) is 0 Å². The lowest BCUT2D eigenvalue weighted by molar-refractivity contribution is -0.179. The van der Waals surface area contributed by atoms with E-state index >= 15 is 0 Å². The van der Waals surface area contributed by atoms with E-state index in [1.807, 2.05) is 0 Å². The molecule has 124 valence electrons. The molecule has 23 heavy (non-hydrogen) atoms. The topological polar surface area (TPSA) is 46.6 Å². The second-order valence-corrected chi connectivity index (χ2v) is 5.23. The predicted octanol–water partition coefficient (Wildman–Crippen LogP) is 3.85. The maximum atomic E-state index is 12.9. The smallest absolute Gasteiger partial charge is 0.417 e. The Morgan fingerprint density at radius 3 is 2.61 bits per heavy atom. The van der Waals surface area contributed by atoms with Gasteiger partial charge in [0, 0.05) is 6.42 Å². The number of hydrogen-bond acceptors (Lipinski definition) is 3. The first-order valence-corrected chi connectivity index (χ1v) is 7.06. The van der Waals surface area contributed by atoms with Gasteiger partial charge in [-0.25, -0.2) is 9.69 Å². The number of cyclic esters (lactones) is 1. The highest BCUT2D eigenvalue weighted by atomic mass is 19.4. The van der Waals surface area contributed by atoms with Crippen LogP contribution in [0.15, 0.2) is 43.0 Å². The standard InChI is InChI=1S/C16H16F3NO3/c1-2-6-12(16(17,18)19)9-14(21)20-13(10-23-15(20)22)11-7-4-3-5-8-11/h2-5,7-8,12-13H,1,6,9-10H2/t12?,13-/m1/s1. The van der Waals surface area contributed by atoms with Crippen LogP contribution >= 0.6 is 0 Å². The maximum absolute atomic E-state index is 12.9. The quantitative estimate of drug-likeness (QED) is 0.772. The molecule has 0 saturated carbocycles. The van der Waals surface area contributed by atoms with Gasteiger partial charge in [-0.2, -0.15) is 13.2 Å². The van der Waals surface area contributed by atoms with Crippen LogP contribution < -0.4 is 0 Å². The number of rotatable bonds is 5. The Bertz CT molecular complexity index is 586. The minimum absolute atomic E-state index is 0.0628. The van der Waals surface area contributed by atoms with E-state index in [9.17, 15) is 22.8 Å². The van der Waals surface area contributed by atoms with E-state index in [0.29, 0.717) is 5.56 Å². The average molecular weight is 327 g/mol. The van der Waals surface area contributed by atoms with Crippen molar-refractivity contribution in [2.24, 2.45) is 5.92 Å². The molecule has 0 radical (unpaired) electrons. The van der Waals surface area contributed by atoms with E-state index in [0.717, 1.165) is 11.0 Å². The molecular weight excluding hydrogens is 311 g/mol. The SMILES string of the molecule is C=CCC(CC(=O)N1C(=O)OC[C@@H]1c1ccccc1)C(F)(F)F. The summed E-state index contributed by atoms with van der Waals surface area (Å²) in [6.07, 6.45) is -5.52. The Labute approximate surface area is 131 Å². The second kappa shape index (κ2) is 6.85. The molecule has 1 heterocycles. The number of allylic oxidation sites excluding steroid dienone is 1. The van der Waals surface area contributed by atoms with Gasteiger partial charge in [0.1, 0.15) is 12.6 Å². The molecule has 7 heteroatoms. The third kappa shape index (κ3) is 3.91. The van der Waals surface area contributed by atoms with Gasteiger partial charge < -0.3 is 4.74 Å². The van der Waals surface area contributed by atoms with E-state index in [2.05, 4.69) is 6.58 Å². The molecule has 0 aliphatic carbocycles. The number of benzene rings is 1. The fourth-order valence-electron chi connectivity index (χ4n) is 2.46. The molecule has 0 N–H and O–H groups in total. The van der Waals surface area contributed by atoms with Crippen LogP contribution in [0, 0.1) is 5.92 Å².